The Kier molecular flexibility index (Phi) is 6.21. The first kappa shape index (κ1) is 20.1. The monoisotopic (exact) mass is 429 g/mol. The highest BCUT2D eigenvalue weighted by Crippen LogP contribution is 2.35. The van der Waals surface area contributed by atoms with E-state index in [0.717, 1.165) is 33.6 Å². The lowest BCUT2D eigenvalue weighted by molar-refractivity contribution is 0.348. The van der Waals surface area contributed by atoms with E-state index in [0.29, 0.717) is 12.5 Å². The van der Waals surface area contributed by atoms with E-state index in [9.17, 15) is 0 Å². The number of nitrogens with zero attached hydrogens (tertiary/aromatic N) is 3. The number of hydrogen-bond acceptors (Lipinski definition) is 4. The molecule has 0 aliphatic heterocycles. The van der Waals surface area contributed by atoms with E-state index in [4.69, 9.17) is 4.74 Å². The zero-order valence-electron chi connectivity index (χ0n) is 17.6. The van der Waals surface area contributed by atoms with E-state index >= 15 is 0 Å². The molecule has 31 heavy (non-hydrogen) atoms. The summed E-state index contributed by atoms with van der Waals surface area (Å²) in [4.78, 5) is 0. The summed E-state index contributed by atoms with van der Waals surface area (Å²) in [6.45, 7) is 0.624. The molecule has 158 valence electrons. The molecule has 0 bridgehead atoms. The highest BCUT2D eigenvalue weighted by atomic mass is 32.2. The molecule has 0 N–H and O–H groups in total. The molecule has 0 spiro atoms. The second-order valence-electron chi connectivity index (χ2n) is 8.02. The van der Waals surface area contributed by atoms with Gasteiger partial charge in [-0.1, -0.05) is 85.6 Å². The van der Waals surface area contributed by atoms with E-state index < -0.39 is 0 Å². The van der Waals surface area contributed by atoms with Crippen LogP contribution < -0.4 is 4.74 Å². The van der Waals surface area contributed by atoms with E-state index in [1.54, 1.807) is 11.8 Å². The van der Waals surface area contributed by atoms with Gasteiger partial charge in [-0.25, -0.2) is 0 Å². The fourth-order valence-electron chi connectivity index (χ4n) is 4.43. The van der Waals surface area contributed by atoms with Crippen molar-refractivity contribution in [2.24, 2.45) is 0 Å². The Morgan fingerprint density at radius 3 is 2.48 bits per heavy atom. The van der Waals surface area contributed by atoms with Gasteiger partial charge in [0.25, 0.3) is 0 Å². The summed E-state index contributed by atoms with van der Waals surface area (Å²) >= 11 is 1.72. The smallest absolute Gasteiger partial charge is 0.195 e. The van der Waals surface area contributed by atoms with Crippen LogP contribution in [0.2, 0.25) is 0 Å². The fourth-order valence-corrected chi connectivity index (χ4v) is 5.20. The normalized spacial score (nSPS) is 14.7. The average Bonchev–Trinajstić information content (AvgIpc) is 3.27. The Morgan fingerprint density at radius 1 is 0.839 bits per heavy atom. The molecule has 1 aromatic heterocycles. The molecular weight excluding hydrogens is 402 g/mol. The number of aromatic nitrogens is 3. The van der Waals surface area contributed by atoms with Crippen molar-refractivity contribution in [3.63, 3.8) is 0 Å². The molecule has 4 aromatic rings. The number of hydrogen-bond donors (Lipinski definition) is 0. The Hall–Kier alpha value is -2.79. The van der Waals surface area contributed by atoms with Gasteiger partial charge in [-0.3, -0.25) is 4.57 Å². The van der Waals surface area contributed by atoms with Crippen LogP contribution in [0.15, 0.2) is 78.0 Å². The molecule has 1 fully saturated rings. The van der Waals surface area contributed by atoms with Gasteiger partial charge in [0.05, 0.1) is 6.61 Å². The number of rotatable bonds is 7. The lowest BCUT2D eigenvalue weighted by atomic mass is 9.88. The molecular formula is C26H27N3OS. The average molecular weight is 430 g/mol. The first-order valence-electron chi connectivity index (χ1n) is 11.1. The van der Waals surface area contributed by atoms with Crippen LogP contribution >= 0.6 is 11.8 Å². The van der Waals surface area contributed by atoms with E-state index in [1.165, 1.54) is 37.5 Å². The van der Waals surface area contributed by atoms with Crippen LogP contribution in [0.4, 0.5) is 0 Å². The third-order valence-corrected chi connectivity index (χ3v) is 6.86. The molecule has 3 aromatic carbocycles. The van der Waals surface area contributed by atoms with E-state index in [2.05, 4.69) is 75.4 Å². The minimum atomic E-state index is 0.503. The minimum absolute atomic E-state index is 0.503. The van der Waals surface area contributed by atoms with Crippen molar-refractivity contribution in [2.75, 3.05) is 12.4 Å². The van der Waals surface area contributed by atoms with Crippen LogP contribution in [-0.4, -0.2) is 27.1 Å². The summed E-state index contributed by atoms with van der Waals surface area (Å²) in [6, 6.07) is 25.1. The molecule has 0 saturated heterocycles. The molecule has 0 unspecified atom stereocenters. The van der Waals surface area contributed by atoms with Crippen LogP contribution in [0.5, 0.6) is 5.75 Å². The molecule has 1 heterocycles. The van der Waals surface area contributed by atoms with Crippen molar-refractivity contribution < 1.29 is 4.74 Å². The molecule has 4 nitrogen and oxygen atoms in total. The number of benzene rings is 3. The largest absolute Gasteiger partial charge is 0.492 e. The van der Waals surface area contributed by atoms with Gasteiger partial charge in [-0.05, 0) is 36.4 Å². The van der Waals surface area contributed by atoms with Crippen LogP contribution in [0.1, 0.15) is 43.8 Å². The highest BCUT2D eigenvalue weighted by molar-refractivity contribution is 7.99. The van der Waals surface area contributed by atoms with Crippen LogP contribution in [-0.2, 0) is 0 Å². The van der Waals surface area contributed by atoms with Crippen LogP contribution in [0.25, 0.3) is 16.5 Å². The van der Waals surface area contributed by atoms with Gasteiger partial charge in [-0.2, -0.15) is 0 Å². The van der Waals surface area contributed by atoms with E-state index in [1.807, 2.05) is 12.1 Å². The molecule has 5 rings (SSSR count). The van der Waals surface area contributed by atoms with Crippen molar-refractivity contribution >= 4 is 22.5 Å². The molecule has 0 atom stereocenters. The Labute approximate surface area is 187 Å². The first-order valence-corrected chi connectivity index (χ1v) is 12.1. The van der Waals surface area contributed by atoms with Gasteiger partial charge in [0.2, 0.25) is 0 Å². The lowest BCUT2D eigenvalue weighted by Crippen LogP contribution is -2.12. The molecule has 5 heteroatoms. The summed E-state index contributed by atoms with van der Waals surface area (Å²) in [5.74, 6) is 3.37. The quantitative estimate of drug-likeness (QED) is 0.244. The SMILES string of the molecule is c1ccc(-n2c(SCCOc3cccc4ccccc34)nnc2C2CCCCC2)cc1. The van der Waals surface area contributed by atoms with Gasteiger partial charge in [0.15, 0.2) is 5.16 Å². The number of ether oxygens (including phenoxy) is 1. The molecule has 1 aliphatic rings. The topological polar surface area (TPSA) is 39.9 Å². The van der Waals surface area contributed by atoms with Crippen LogP contribution in [0, 0.1) is 0 Å². The zero-order valence-corrected chi connectivity index (χ0v) is 18.4. The third kappa shape index (κ3) is 4.47. The Morgan fingerprint density at radius 2 is 1.61 bits per heavy atom. The summed E-state index contributed by atoms with van der Waals surface area (Å²) in [7, 11) is 0. The Balaban J connectivity index is 1.31. The number of para-hydroxylation sites is 1. The van der Waals surface area contributed by atoms with Crippen molar-refractivity contribution in [3.05, 3.63) is 78.6 Å². The molecule has 1 aliphatic carbocycles. The maximum absolute atomic E-state index is 6.13. The number of fused-ring (bicyclic) bond motifs is 1. The summed E-state index contributed by atoms with van der Waals surface area (Å²) < 4.78 is 8.39. The zero-order chi connectivity index (χ0) is 20.9. The van der Waals surface area contributed by atoms with E-state index in [-0.39, 0.29) is 0 Å². The van der Waals surface area contributed by atoms with Crippen molar-refractivity contribution in [2.45, 2.75) is 43.2 Å². The third-order valence-electron chi connectivity index (χ3n) is 5.96. The van der Waals surface area contributed by atoms with Crippen molar-refractivity contribution in [1.82, 2.24) is 14.8 Å². The van der Waals surface area contributed by atoms with Gasteiger partial charge in [0, 0.05) is 22.7 Å². The maximum Gasteiger partial charge on any atom is 0.195 e. The standard InChI is InChI=1S/C26H27N3OS/c1-3-11-21(12-4-1)25-27-28-26(29(25)22-14-5-2-6-15-22)31-19-18-30-24-17-9-13-20-10-7-8-16-23(20)24/h2,5-10,13-17,21H,1,3-4,11-12,18-19H2. The molecule has 0 amide bonds. The van der Waals surface area contributed by atoms with Crippen LogP contribution in [0.3, 0.4) is 0 Å². The molecule has 0 radical (unpaired) electrons. The molecule has 1 saturated carbocycles. The predicted molar refractivity (Wildman–Crippen MR) is 127 cm³/mol. The van der Waals surface area contributed by atoms with Gasteiger partial charge >= 0.3 is 0 Å². The summed E-state index contributed by atoms with van der Waals surface area (Å²) in [5.41, 5.74) is 1.14. The van der Waals surface area contributed by atoms with Crippen molar-refractivity contribution in [3.8, 4) is 11.4 Å². The predicted octanol–water partition coefficient (Wildman–Crippen LogP) is 6.64. The number of thioether (sulfide) groups is 1. The summed E-state index contributed by atoms with van der Waals surface area (Å²) in [6.07, 6.45) is 6.32. The summed E-state index contributed by atoms with van der Waals surface area (Å²) in [5, 5.41) is 12.5. The minimum Gasteiger partial charge on any atom is -0.492 e. The lowest BCUT2D eigenvalue weighted by Gasteiger charge is -2.22. The second-order valence-corrected chi connectivity index (χ2v) is 9.08. The fraction of sp³-hybridized carbons (Fsp3) is 0.308. The van der Waals surface area contributed by atoms with Crippen molar-refractivity contribution in [1.29, 1.82) is 0 Å². The van der Waals surface area contributed by atoms with Gasteiger partial charge < -0.3 is 4.74 Å². The van der Waals surface area contributed by atoms with Gasteiger partial charge in [0.1, 0.15) is 11.6 Å². The second kappa shape index (κ2) is 9.56. The first-order chi connectivity index (χ1) is 15.4. The Bertz CT molecular complexity index is 1130. The van der Waals surface area contributed by atoms with Gasteiger partial charge in [-0.15, -0.1) is 10.2 Å². The maximum atomic E-state index is 6.13. The highest BCUT2D eigenvalue weighted by Gasteiger charge is 2.24.